The van der Waals surface area contributed by atoms with Crippen LogP contribution in [0, 0.1) is 19.7 Å². The second kappa shape index (κ2) is 3.97. The van der Waals surface area contributed by atoms with Gasteiger partial charge in [0.2, 0.25) is 0 Å². The van der Waals surface area contributed by atoms with E-state index in [1.54, 1.807) is 26.0 Å². The molecular formula is C11H10FN3O2. The maximum Gasteiger partial charge on any atom is 0.375 e. The Morgan fingerprint density at radius 3 is 2.65 bits per heavy atom. The van der Waals surface area contributed by atoms with E-state index in [0.29, 0.717) is 11.4 Å². The maximum absolute atomic E-state index is 13.7. The smallest absolute Gasteiger partial charge is 0.375 e. The standard InChI is InChI=1S/C11H10FN3O2/c1-6-4-3-5-8(12)9(6)15-7(2)13-10(14-15)11(16)17/h3-5H,1-2H3,(H,16,17). The molecule has 0 saturated heterocycles. The molecule has 0 bridgehead atoms. The summed E-state index contributed by atoms with van der Waals surface area (Å²) in [6, 6.07) is 4.60. The molecule has 0 aliphatic heterocycles. The lowest BCUT2D eigenvalue weighted by molar-refractivity contribution is 0.0683. The van der Waals surface area contributed by atoms with E-state index in [1.807, 2.05) is 0 Å². The van der Waals surface area contributed by atoms with E-state index in [2.05, 4.69) is 10.1 Å². The normalized spacial score (nSPS) is 10.5. The number of carboxylic acid groups (broad SMARTS) is 1. The van der Waals surface area contributed by atoms with Gasteiger partial charge >= 0.3 is 5.97 Å². The highest BCUT2D eigenvalue weighted by Crippen LogP contribution is 2.18. The number of carboxylic acids is 1. The first-order chi connectivity index (χ1) is 8.00. The average Bonchev–Trinajstić information content (AvgIpc) is 2.61. The molecule has 0 unspecified atom stereocenters. The van der Waals surface area contributed by atoms with Crippen molar-refractivity contribution in [2.24, 2.45) is 0 Å². The molecular weight excluding hydrogens is 225 g/mol. The van der Waals surface area contributed by atoms with Crippen LogP contribution in [0.5, 0.6) is 0 Å². The van der Waals surface area contributed by atoms with Crippen molar-refractivity contribution < 1.29 is 14.3 Å². The van der Waals surface area contributed by atoms with Crippen LogP contribution < -0.4 is 0 Å². The molecule has 1 N–H and O–H groups in total. The highest BCUT2D eigenvalue weighted by atomic mass is 19.1. The molecule has 1 aromatic heterocycles. The van der Waals surface area contributed by atoms with Gasteiger partial charge in [0.05, 0.1) is 0 Å². The molecule has 1 aromatic carbocycles. The Hall–Kier alpha value is -2.24. The Morgan fingerprint density at radius 1 is 1.41 bits per heavy atom. The second-order valence-corrected chi connectivity index (χ2v) is 3.60. The highest BCUT2D eigenvalue weighted by molar-refractivity contribution is 5.83. The quantitative estimate of drug-likeness (QED) is 0.860. The first-order valence-electron chi connectivity index (χ1n) is 4.93. The summed E-state index contributed by atoms with van der Waals surface area (Å²) in [7, 11) is 0. The van der Waals surface area contributed by atoms with Gasteiger partial charge in [-0.25, -0.2) is 18.9 Å². The van der Waals surface area contributed by atoms with E-state index in [-0.39, 0.29) is 11.5 Å². The molecule has 0 aliphatic carbocycles. The number of aromatic carboxylic acids is 1. The van der Waals surface area contributed by atoms with E-state index < -0.39 is 11.8 Å². The van der Waals surface area contributed by atoms with E-state index in [1.165, 1.54) is 10.7 Å². The molecule has 2 rings (SSSR count). The summed E-state index contributed by atoms with van der Waals surface area (Å²) in [5.41, 5.74) is 0.889. The number of benzene rings is 1. The van der Waals surface area contributed by atoms with Crippen LogP contribution in [0.15, 0.2) is 18.2 Å². The summed E-state index contributed by atoms with van der Waals surface area (Å²) in [5, 5.41) is 12.5. The average molecular weight is 235 g/mol. The fourth-order valence-corrected chi connectivity index (χ4v) is 1.58. The number of rotatable bonds is 2. The Bertz CT molecular complexity index is 572. The van der Waals surface area contributed by atoms with E-state index in [4.69, 9.17) is 5.11 Å². The summed E-state index contributed by atoms with van der Waals surface area (Å²) in [6.45, 7) is 3.30. The monoisotopic (exact) mass is 235 g/mol. The van der Waals surface area contributed by atoms with Gasteiger partial charge in [-0.2, -0.15) is 0 Å². The summed E-state index contributed by atoms with van der Waals surface area (Å²) in [5.74, 6) is -1.71. The van der Waals surface area contributed by atoms with E-state index >= 15 is 0 Å². The molecule has 0 amide bonds. The van der Waals surface area contributed by atoms with Crippen molar-refractivity contribution in [3.05, 3.63) is 41.2 Å². The maximum atomic E-state index is 13.7. The Balaban J connectivity index is 2.64. The molecule has 0 spiro atoms. The van der Waals surface area contributed by atoms with Gasteiger partial charge in [0.15, 0.2) is 0 Å². The number of halogens is 1. The summed E-state index contributed by atoms with van der Waals surface area (Å²) < 4.78 is 14.9. The first kappa shape index (κ1) is 11.3. The highest BCUT2D eigenvalue weighted by Gasteiger charge is 2.17. The molecule has 17 heavy (non-hydrogen) atoms. The van der Waals surface area contributed by atoms with Crippen LogP contribution in [-0.2, 0) is 0 Å². The van der Waals surface area contributed by atoms with Crippen molar-refractivity contribution in [3.63, 3.8) is 0 Å². The predicted octanol–water partition coefficient (Wildman–Crippen LogP) is 1.72. The second-order valence-electron chi connectivity index (χ2n) is 3.60. The lowest BCUT2D eigenvalue weighted by atomic mass is 10.2. The van der Waals surface area contributed by atoms with Crippen molar-refractivity contribution in [3.8, 4) is 5.69 Å². The van der Waals surface area contributed by atoms with Crippen LogP contribution in [0.3, 0.4) is 0 Å². The van der Waals surface area contributed by atoms with Crippen LogP contribution in [0.25, 0.3) is 5.69 Å². The molecule has 88 valence electrons. The minimum atomic E-state index is -1.24. The van der Waals surface area contributed by atoms with Crippen LogP contribution in [0.2, 0.25) is 0 Å². The van der Waals surface area contributed by atoms with Crippen molar-refractivity contribution in [2.75, 3.05) is 0 Å². The third-order valence-electron chi connectivity index (χ3n) is 2.36. The zero-order chi connectivity index (χ0) is 12.6. The van der Waals surface area contributed by atoms with E-state index in [0.717, 1.165) is 0 Å². The largest absolute Gasteiger partial charge is 0.475 e. The van der Waals surface area contributed by atoms with Crippen LogP contribution in [0.4, 0.5) is 4.39 Å². The molecule has 0 saturated carbocycles. The van der Waals surface area contributed by atoms with Gasteiger partial charge in [-0.1, -0.05) is 12.1 Å². The van der Waals surface area contributed by atoms with Crippen molar-refractivity contribution in [2.45, 2.75) is 13.8 Å². The van der Waals surface area contributed by atoms with Crippen LogP contribution in [-0.4, -0.2) is 25.8 Å². The van der Waals surface area contributed by atoms with Gasteiger partial charge < -0.3 is 5.11 Å². The van der Waals surface area contributed by atoms with Crippen molar-refractivity contribution in [1.82, 2.24) is 14.8 Å². The summed E-state index contributed by atoms with van der Waals surface area (Å²) >= 11 is 0. The summed E-state index contributed by atoms with van der Waals surface area (Å²) in [4.78, 5) is 14.5. The zero-order valence-electron chi connectivity index (χ0n) is 9.31. The lowest BCUT2D eigenvalue weighted by Crippen LogP contribution is -2.06. The van der Waals surface area contributed by atoms with Crippen LogP contribution in [0.1, 0.15) is 22.0 Å². The number of nitrogens with zero attached hydrogens (tertiary/aromatic N) is 3. The Labute approximate surface area is 96.5 Å². The van der Waals surface area contributed by atoms with Gasteiger partial charge in [-0.3, -0.25) is 0 Å². The van der Waals surface area contributed by atoms with Gasteiger partial charge in [0.1, 0.15) is 17.3 Å². The van der Waals surface area contributed by atoms with E-state index in [9.17, 15) is 9.18 Å². The minimum Gasteiger partial charge on any atom is -0.475 e. The number of para-hydroxylation sites is 1. The summed E-state index contributed by atoms with van der Waals surface area (Å²) in [6.07, 6.45) is 0. The first-order valence-corrected chi connectivity index (χ1v) is 4.93. The molecule has 0 aliphatic rings. The molecule has 0 radical (unpaired) electrons. The van der Waals surface area contributed by atoms with Crippen LogP contribution >= 0.6 is 0 Å². The SMILES string of the molecule is Cc1cccc(F)c1-n1nc(C(=O)O)nc1C. The molecule has 6 heteroatoms. The predicted molar refractivity (Wildman–Crippen MR) is 57.8 cm³/mol. The molecule has 0 fully saturated rings. The zero-order valence-corrected chi connectivity index (χ0v) is 9.31. The van der Waals surface area contributed by atoms with Gasteiger partial charge in [-0.05, 0) is 25.5 Å². The number of hydrogen-bond donors (Lipinski definition) is 1. The Morgan fingerprint density at radius 2 is 2.12 bits per heavy atom. The number of carbonyl (C=O) groups is 1. The topological polar surface area (TPSA) is 68.0 Å². The van der Waals surface area contributed by atoms with Gasteiger partial charge in [0.25, 0.3) is 5.82 Å². The minimum absolute atomic E-state index is 0.227. The molecule has 5 nitrogen and oxygen atoms in total. The fourth-order valence-electron chi connectivity index (χ4n) is 1.58. The van der Waals surface area contributed by atoms with Crippen molar-refractivity contribution in [1.29, 1.82) is 0 Å². The van der Waals surface area contributed by atoms with Crippen molar-refractivity contribution >= 4 is 5.97 Å². The fraction of sp³-hybridized carbons (Fsp3) is 0.182. The number of hydrogen-bond acceptors (Lipinski definition) is 3. The molecule has 1 heterocycles. The third kappa shape index (κ3) is 1.89. The van der Waals surface area contributed by atoms with Gasteiger partial charge in [-0.15, -0.1) is 5.10 Å². The third-order valence-corrected chi connectivity index (χ3v) is 2.36. The molecule has 0 atom stereocenters. The number of aryl methyl sites for hydroxylation is 2. The number of aromatic nitrogens is 3. The lowest BCUT2D eigenvalue weighted by Gasteiger charge is -2.07. The van der Waals surface area contributed by atoms with Gasteiger partial charge in [0, 0.05) is 0 Å². The molecule has 2 aromatic rings. The Kier molecular flexibility index (Phi) is 2.63.